The Bertz CT molecular complexity index is 727. The number of para-hydroxylation sites is 1. The van der Waals surface area contributed by atoms with Crippen LogP contribution < -0.4 is 20.7 Å². The number of amides is 2. The number of allylic oxidation sites excluding steroid dienone is 1. The van der Waals surface area contributed by atoms with Gasteiger partial charge in [-0.25, -0.2) is 0 Å². The lowest BCUT2D eigenvalue weighted by Gasteiger charge is -2.41. The zero-order chi connectivity index (χ0) is 18.0. The van der Waals surface area contributed by atoms with E-state index in [1.54, 1.807) is 6.07 Å². The van der Waals surface area contributed by atoms with Gasteiger partial charge in [-0.2, -0.15) is 0 Å². The number of ether oxygens (including phenoxy) is 1. The predicted octanol–water partition coefficient (Wildman–Crippen LogP) is 1.38. The zero-order valence-corrected chi connectivity index (χ0v) is 14.8. The van der Waals surface area contributed by atoms with Gasteiger partial charge in [0.2, 0.25) is 5.91 Å². The summed E-state index contributed by atoms with van der Waals surface area (Å²) in [7, 11) is 0. The van der Waals surface area contributed by atoms with Crippen molar-refractivity contribution in [3.05, 3.63) is 42.0 Å². The van der Waals surface area contributed by atoms with Crippen LogP contribution in [0.5, 0.6) is 5.75 Å². The smallest absolute Gasteiger partial charge is 0.255 e. The first-order chi connectivity index (χ1) is 12.7. The van der Waals surface area contributed by atoms with Crippen LogP contribution in [0, 0.1) is 5.41 Å². The van der Waals surface area contributed by atoms with E-state index in [4.69, 9.17) is 4.74 Å². The number of benzene rings is 1. The maximum atomic E-state index is 12.9. The van der Waals surface area contributed by atoms with E-state index in [0.717, 1.165) is 19.3 Å². The lowest BCUT2D eigenvalue weighted by atomic mass is 9.77. The van der Waals surface area contributed by atoms with Crippen LogP contribution >= 0.6 is 0 Å². The largest absolute Gasteiger partial charge is 0.489 e. The highest BCUT2D eigenvalue weighted by molar-refractivity contribution is 5.97. The normalized spacial score (nSPS) is 29.2. The second-order valence-electron chi connectivity index (χ2n) is 7.46. The van der Waals surface area contributed by atoms with Gasteiger partial charge < -0.3 is 20.7 Å². The van der Waals surface area contributed by atoms with E-state index in [-0.39, 0.29) is 29.3 Å². The minimum Gasteiger partial charge on any atom is -0.489 e. The Morgan fingerprint density at radius 2 is 1.77 bits per heavy atom. The summed E-state index contributed by atoms with van der Waals surface area (Å²) in [5, 5.41) is 9.54. The molecule has 2 heterocycles. The molecule has 0 bridgehead atoms. The number of carbonyl (C=O) groups is 2. The zero-order valence-electron chi connectivity index (χ0n) is 14.8. The second-order valence-corrected chi connectivity index (χ2v) is 7.46. The summed E-state index contributed by atoms with van der Waals surface area (Å²) in [5.41, 5.74) is 0.157. The van der Waals surface area contributed by atoms with Gasteiger partial charge in [-0.1, -0.05) is 24.3 Å². The van der Waals surface area contributed by atoms with Crippen LogP contribution in [-0.4, -0.2) is 43.6 Å². The summed E-state index contributed by atoms with van der Waals surface area (Å²) >= 11 is 0. The first kappa shape index (κ1) is 17.1. The highest BCUT2D eigenvalue weighted by atomic mass is 16.5. The fourth-order valence-electron chi connectivity index (χ4n) is 3.99. The molecule has 2 amide bonds. The minimum absolute atomic E-state index is 0.0103. The summed E-state index contributed by atoms with van der Waals surface area (Å²) in [6.07, 6.45) is 7.41. The summed E-state index contributed by atoms with van der Waals surface area (Å²) in [6.45, 7) is 1.76. The van der Waals surface area contributed by atoms with Crippen molar-refractivity contribution < 1.29 is 14.3 Å². The van der Waals surface area contributed by atoms with E-state index in [0.29, 0.717) is 37.4 Å². The Morgan fingerprint density at radius 1 is 1.00 bits per heavy atom. The fourth-order valence-corrected chi connectivity index (χ4v) is 3.99. The maximum absolute atomic E-state index is 12.9. The number of nitrogens with one attached hydrogen (secondary N) is 3. The van der Waals surface area contributed by atoms with Crippen LogP contribution in [0.1, 0.15) is 36.0 Å². The third kappa shape index (κ3) is 3.21. The first-order valence-corrected chi connectivity index (χ1v) is 9.37. The molecule has 2 fully saturated rings. The Hall–Kier alpha value is -2.34. The standard InChI is InChI=1S/C20H25N3O3/c24-18-14-6-1-2-9-17(14)26-11-4-3-10-20(12-21-13-20)19(25)23-16-8-5-7-15(16)22-18/h1-4,6,9,15-16,21H,5,7-8,10-13H2,(H,22,24)(H,23,25)/b4-3+/t15-,16-/m1/s1. The van der Waals surface area contributed by atoms with E-state index in [9.17, 15) is 9.59 Å². The SMILES string of the molecule is O=C1N[C@@H]2CCC[C@H]2NC(=O)C2(C/C=C/COc3ccccc31)CNC2. The van der Waals surface area contributed by atoms with E-state index in [1.165, 1.54) is 0 Å². The molecule has 1 aromatic carbocycles. The highest BCUT2D eigenvalue weighted by Gasteiger charge is 2.45. The number of fused-ring (bicyclic) bond motifs is 2. The van der Waals surface area contributed by atoms with Crippen LogP contribution in [-0.2, 0) is 4.79 Å². The van der Waals surface area contributed by atoms with E-state index >= 15 is 0 Å². The van der Waals surface area contributed by atoms with Gasteiger partial charge in [0.15, 0.2) is 0 Å². The van der Waals surface area contributed by atoms with E-state index in [1.807, 2.05) is 30.4 Å². The van der Waals surface area contributed by atoms with Crippen molar-refractivity contribution in [2.75, 3.05) is 19.7 Å². The van der Waals surface area contributed by atoms with Crippen molar-refractivity contribution in [2.45, 2.75) is 37.8 Å². The van der Waals surface area contributed by atoms with Crippen molar-refractivity contribution in [3.63, 3.8) is 0 Å². The quantitative estimate of drug-likeness (QED) is 0.615. The molecule has 0 unspecified atom stereocenters. The molecule has 0 radical (unpaired) electrons. The first-order valence-electron chi connectivity index (χ1n) is 9.37. The van der Waals surface area contributed by atoms with Gasteiger partial charge in [0.1, 0.15) is 12.4 Å². The Kier molecular flexibility index (Phi) is 4.68. The molecule has 1 saturated heterocycles. The van der Waals surface area contributed by atoms with Gasteiger partial charge in [-0.05, 0) is 37.8 Å². The van der Waals surface area contributed by atoms with Gasteiger partial charge >= 0.3 is 0 Å². The molecule has 3 N–H and O–H groups in total. The monoisotopic (exact) mass is 355 g/mol. The van der Waals surface area contributed by atoms with Gasteiger partial charge in [0.05, 0.1) is 11.0 Å². The fraction of sp³-hybridized carbons (Fsp3) is 0.500. The number of carbonyl (C=O) groups excluding carboxylic acids is 2. The third-order valence-corrected chi connectivity index (χ3v) is 5.70. The average Bonchev–Trinajstić information content (AvgIpc) is 3.03. The molecule has 3 aliphatic rings. The van der Waals surface area contributed by atoms with Gasteiger partial charge in [0.25, 0.3) is 5.91 Å². The van der Waals surface area contributed by atoms with Crippen LogP contribution in [0.15, 0.2) is 36.4 Å². The van der Waals surface area contributed by atoms with Gasteiger partial charge in [0, 0.05) is 25.2 Å². The maximum Gasteiger partial charge on any atom is 0.255 e. The molecule has 2 atom stereocenters. The summed E-state index contributed by atoms with van der Waals surface area (Å²) in [5.74, 6) is 0.531. The van der Waals surface area contributed by atoms with E-state index < -0.39 is 0 Å². The van der Waals surface area contributed by atoms with Crippen LogP contribution in [0.3, 0.4) is 0 Å². The molecule has 1 aromatic rings. The molecule has 1 aliphatic carbocycles. The van der Waals surface area contributed by atoms with Crippen molar-refractivity contribution in [3.8, 4) is 5.75 Å². The highest BCUT2D eigenvalue weighted by Crippen LogP contribution is 2.30. The van der Waals surface area contributed by atoms with Crippen LogP contribution in [0.25, 0.3) is 0 Å². The van der Waals surface area contributed by atoms with Gasteiger partial charge in [-0.15, -0.1) is 0 Å². The van der Waals surface area contributed by atoms with Gasteiger partial charge in [-0.3, -0.25) is 9.59 Å². The number of rotatable bonds is 0. The molecule has 26 heavy (non-hydrogen) atoms. The topological polar surface area (TPSA) is 79.5 Å². The second kappa shape index (κ2) is 7.11. The number of hydrogen-bond acceptors (Lipinski definition) is 4. The molecular weight excluding hydrogens is 330 g/mol. The Morgan fingerprint density at radius 3 is 2.54 bits per heavy atom. The Balaban J connectivity index is 1.61. The molecule has 138 valence electrons. The van der Waals surface area contributed by atoms with Crippen molar-refractivity contribution in [2.24, 2.45) is 5.41 Å². The summed E-state index contributed by atoms with van der Waals surface area (Å²) in [4.78, 5) is 25.6. The lowest BCUT2D eigenvalue weighted by Crippen LogP contribution is -2.63. The molecule has 6 heteroatoms. The average molecular weight is 355 g/mol. The van der Waals surface area contributed by atoms with Crippen molar-refractivity contribution in [1.29, 1.82) is 0 Å². The molecule has 1 spiro atoms. The minimum atomic E-state index is -0.379. The Labute approximate surface area is 153 Å². The number of hydrogen-bond donors (Lipinski definition) is 3. The predicted molar refractivity (Wildman–Crippen MR) is 98.0 cm³/mol. The van der Waals surface area contributed by atoms with Crippen LogP contribution in [0.2, 0.25) is 0 Å². The van der Waals surface area contributed by atoms with E-state index in [2.05, 4.69) is 16.0 Å². The molecule has 2 aliphatic heterocycles. The third-order valence-electron chi connectivity index (χ3n) is 5.70. The summed E-state index contributed by atoms with van der Waals surface area (Å²) < 4.78 is 5.80. The lowest BCUT2D eigenvalue weighted by molar-refractivity contribution is -0.134. The van der Waals surface area contributed by atoms with Crippen molar-refractivity contribution in [1.82, 2.24) is 16.0 Å². The molecular formula is C20H25N3O3. The summed E-state index contributed by atoms with van der Waals surface area (Å²) in [6, 6.07) is 7.25. The molecule has 6 nitrogen and oxygen atoms in total. The van der Waals surface area contributed by atoms with Crippen molar-refractivity contribution >= 4 is 11.8 Å². The molecule has 4 rings (SSSR count). The molecule has 1 saturated carbocycles. The molecule has 0 aromatic heterocycles. The van der Waals surface area contributed by atoms with Crippen LogP contribution in [0.4, 0.5) is 0 Å².